The van der Waals surface area contributed by atoms with Crippen LogP contribution in [0.1, 0.15) is 155 Å². The third-order valence-corrected chi connectivity index (χ3v) is 6.30. The Labute approximate surface area is 186 Å². The van der Waals surface area contributed by atoms with E-state index in [2.05, 4.69) is 32.9 Å². The normalized spacial score (nSPS) is 12.8. The molecule has 0 amide bonds. The molecule has 0 aromatic heterocycles. The average molecular weight is 405 g/mol. The van der Waals surface area contributed by atoms with Crippen molar-refractivity contribution in [2.24, 2.45) is 5.92 Å². The van der Waals surface area contributed by atoms with Gasteiger partial charge in [0.15, 0.2) is 0 Å². The Morgan fingerprint density at radius 2 is 0.759 bits per heavy atom. The van der Waals surface area contributed by atoms with Gasteiger partial charge in [0, 0.05) is 0 Å². The predicted octanol–water partition coefficient (Wildman–Crippen LogP) is 10.8. The second kappa shape index (κ2) is 25.8. The molecule has 0 N–H and O–H groups in total. The summed E-state index contributed by atoms with van der Waals surface area (Å²) in [5, 5.41) is 0. The fourth-order valence-electron chi connectivity index (χ4n) is 4.19. The molecule has 0 spiro atoms. The second-order valence-corrected chi connectivity index (χ2v) is 9.45. The van der Waals surface area contributed by atoms with Crippen LogP contribution >= 0.6 is 0 Å². The highest BCUT2D eigenvalue weighted by molar-refractivity contribution is 4.81. The van der Waals surface area contributed by atoms with Crippen LogP contribution in [0.5, 0.6) is 0 Å². The summed E-state index contributed by atoms with van der Waals surface area (Å²) in [7, 11) is 0. The average Bonchev–Trinajstić information content (AvgIpc) is 2.72. The summed E-state index contributed by atoms with van der Waals surface area (Å²) in [5.41, 5.74) is 0. The Hall–Kier alpha value is -0.260. The Kier molecular flexibility index (Phi) is 25.5. The first-order valence-corrected chi connectivity index (χ1v) is 13.5. The lowest BCUT2D eigenvalue weighted by molar-refractivity contribution is 0.438. The van der Waals surface area contributed by atoms with Gasteiger partial charge in [0.1, 0.15) is 0 Å². The molecule has 172 valence electrons. The topological polar surface area (TPSA) is 0 Å². The van der Waals surface area contributed by atoms with Gasteiger partial charge in [-0.05, 0) is 31.6 Å². The summed E-state index contributed by atoms with van der Waals surface area (Å²) in [6.45, 7) is 10.3. The lowest BCUT2D eigenvalue weighted by Gasteiger charge is -2.10. The van der Waals surface area contributed by atoms with Crippen molar-refractivity contribution in [2.45, 2.75) is 155 Å². The van der Waals surface area contributed by atoms with Crippen LogP contribution < -0.4 is 0 Å². The van der Waals surface area contributed by atoms with E-state index in [-0.39, 0.29) is 0 Å². The molecule has 0 rings (SSSR count). The van der Waals surface area contributed by atoms with Gasteiger partial charge in [-0.3, -0.25) is 0 Å². The van der Waals surface area contributed by atoms with Crippen LogP contribution in [0.25, 0.3) is 0 Å². The van der Waals surface area contributed by atoms with E-state index in [1.165, 1.54) is 135 Å². The van der Waals surface area contributed by atoms with Crippen LogP contribution in [-0.2, 0) is 0 Å². The summed E-state index contributed by atoms with van der Waals surface area (Å²) in [6, 6.07) is 0. The van der Waals surface area contributed by atoms with Crippen LogP contribution in [0, 0.1) is 19.8 Å². The van der Waals surface area contributed by atoms with Crippen molar-refractivity contribution in [2.75, 3.05) is 0 Å². The maximum Gasteiger partial charge on any atom is -0.0351 e. The standard InChI is InChI=1S/C29H56/c1-4-6-8-9-10-11-12-13-14-15-16-17-18-19-20-21-22-23-24-26-28-29(3)27-25-7-5-2/h17-18,29H,1-2,4-16,19-28H2,3H3/b18-17+. The summed E-state index contributed by atoms with van der Waals surface area (Å²) < 4.78 is 0. The van der Waals surface area contributed by atoms with E-state index < -0.39 is 0 Å². The molecular weight excluding hydrogens is 348 g/mol. The van der Waals surface area contributed by atoms with E-state index in [0.717, 1.165) is 18.8 Å². The molecule has 0 bridgehead atoms. The Morgan fingerprint density at radius 1 is 0.448 bits per heavy atom. The van der Waals surface area contributed by atoms with Crippen molar-refractivity contribution in [1.29, 1.82) is 0 Å². The monoisotopic (exact) mass is 404 g/mol. The highest BCUT2D eigenvalue weighted by Crippen LogP contribution is 2.18. The van der Waals surface area contributed by atoms with Gasteiger partial charge >= 0.3 is 0 Å². The largest absolute Gasteiger partial charge is 0.0885 e. The predicted molar refractivity (Wildman–Crippen MR) is 135 cm³/mol. The Bertz CT molecular complexity index is 303. The number of hydrogen-bond donors (Lipinski definition) is 0. The van der Waals surface area contributed by atoms with E-state index in [9.17, 15) is 0 Å². The maximum absolute atomic E-state index is 3.93. The lowest BCUT2D eigenvalue weighted by atomic mass is 9.96. The number of allylic oxidation sites excluding steroid dienone is 2. The molecule has 0 fully saturated rings. The third kappa shape index (κ3) is 25.7. The van der Waals surface area contributed by atoms with Gasteiger partial charge in [0.2, 0.25) is 0 Å². The van der Waals surface area contributed by atoms with Gasteiger partial charge in [-0.25, -0.2) is 0 Å². The smallest absolute Gasteiger partial charge is 0.0351 e. The van der Waals surface area contributed by atoms with Gasteiger partial charge in [-0.2, -0.15) is 0 Å². The minimum absolute atomic E-state index is 0.931. The van der Waals surface area contributed by atoms with Crippen LogP contribution in [-0.4, -0.2) is 0 Å². The molecule has 2 radical (unpaired) electrons. The van der Waals surface area contributed by atoms with Crippen molar-refractivity contribution in [1.82, 2.24) is 0 Å². The van der Waals surface area contributed by atoms with Crippen molar-refractivity contribution < 1.29 is 0 Å². The van der Waals surface area contributed by atoms with Crippen molar-refractivity contribution in [3.8, 4) is 0 Å². The molecule has 1 atom stereocenters. The molecule has 0 aromatic rings. The summed E-state index contributed by atoms with van der Waals surface area (Å²) in [6.07, 6.45) is 36.6. The third-order valence-electron chi connectivity index (χ3n) is 6.30. The zero-order chi connectivity index (χ0) is 21.3. The number of hydrogen-bond acceptors (Lipinski definition) is 0. The van der Waals surface area contributed by atoms with Gasteiger partial charge in [-0.15, -0.1) is 0 Å². The summed E-state index contributed by atoms with van der Waals surface area (Å²) in [5.74, 6) is 0.931. The first kappa shape index (κ1) is 28.7. The van der Waals surface area contributed by atoms with Gasteiger partial charge in [0.05, 0.1) is 0 Å². The van der Waals surface area contributed by atoms with Gasteiger partial charge in [-0.1, -0.05) is 155 Å². The molecule has 0 saturated heterocycles. The fourth-order valence-corrected chi connectivity index (χ4v) is 4.19. The van der Waals surface area contributed by atoms with Crippen LogP contribution in [0.15, 0.2) is 12.2 Å². The fraction of sp³-hybridized carbons (Fsp3) is 0.862. The quantitative estimate of drug-likeness (QED) is 0.111. The molecule has 0 aromatic carbocycles. The number of unbranched alkanes of at least 4 members (excludes halogenated alkanes) is 18. The molecular formula is C29H56. The van der Waals surface area contributed by atoms with E-state index in [0.29, 0.717) is 0 Å². The Balaban J connectivity index is 3.14. The van der Waals surface area contributed by atoms with Crippen LogP contribution in [0.3, 0.4) is 0 Å². The molecule has 0 aliphatic carbocycles. The van der Waals surface area contributed by atoms with Gasteiger partial charge < -0.3 is 0 Å². The van der Waals surface area contributed by atoms with Gasteiger partial charge in [0.25, 0.3) is 0 Å². The van der Waals surface area contributed by atoms with E-state index in [1.54, 1.807) is 0 Å². The molecule has 0 heteroatoms. The highest BCUT2D eigenvalue weighted by Gasteiger charge is 2.01. The zero-order valence-electron chi connectivity index (χ0n) is 20.4. The SMILES string of the molecule is [CH2]CCCCCCCCCCC/C=C/CCCCCCCCC(C)CCCC[CH2]. The molecule has 0 aliphatic rings. The first-order valence-electron chi connectivity index (χ1n) is 13.5. The lowest BCUT2D eigenvalue weighted by Crippen LogP contribution is -1.94. The first-order chi connectivity index (χ1) is 14.3. The van der Waals surface area contributed by atoms with Crippen LogP contribution in [0.2, 0.25) is 0 Å². The molecule has 0 saturated carbocycles. The summed E-state index contributed by atoms with van der Waals surface area (Å²) in [4.78, 5) is 0. The second-order valence-electron chi connectivity index (χ2n) is 9.45. The molecule has 0 nitrogen and oxygen atoms in total. The zero-order valence-corrected chi connectivity index (χ0v) is 20.4. The summed E-state index contributed by atoms with van der Waals surface area (Å²) >= 11 is 0. The molecule has 1 unspecified atom stereocenters. The van der Waals surface area contributed by atoms with Crippen molar-refractivity contribution >= 4 is 0 Å². The maximum atomic E-state index is 3.93. The van der Waals surface area contributed by atoms with Crippen molar-refractivity contribution in [3.63, 3.8) is 0 Å². The highest BCUT2D eigenvalue weighted by atomic mass is 14.1. The van der Waals surface area contributed by atoms with E-state index >= 15 is 0 Å². The molecule has 0 aliphatic heterocycles. The van der Waals surface area contributed by atoms with Crippen LogP contribution in [0.4, 0.5) is 0 Å². The molecule has 29 heavy (non-hydrogen) atoms. The molecule has 0 heterocycles. The number of rotatable bonds is 24. The van der Waals surface area contributed by atoms with E-state index in [4.69, 9.17) is 0 Å². The van der Waals surface area contributed by atoms with E-state index in [1.807, 2.05) is 0 Å². The minimum atomic E-state index is 0.931. The Morgan fingerprint density at radius 3 is 1.21 bits per heavy atom. The minimum Gasteiger partial charge on any atom is -0.0885 e. The van der Waals surface area contributed by atoms with Crippen molar-refractivity contribution in [3.05, 3.63) is 26.0 Å².